The van der Waals surface area contributed by atoms with Gasteiger partial charge >= 0.3 is 0 Å². The van der Waals surface area contributed by atoms with Crippen molar-refractivity contribution in [3.05, 3.63) is 35.1 Å². The summed E-state index contributed by atoms with van der Waals surface area (Å²) in [7, 11) is 1.66. The minimum Gasteiger partial charge on any atom is -0.385 e. The number of benzene rings is 1. The average Bonchev–Trinajstić information content (AvgIpc) is 2.43. The summed E-state index contributed by atoms with van der Waals surface area (Å²) in [6, 6.07) is 4.83. The molecule has 0 unspecified atom stereocenters. The standard InChI is InChI=1S/C14H22FNO3/c1-17-5-2-6-18-7-8-19-11-13-9-12(10-16)3-4-14(13)15/h3-4,9H,2,5-8,10-11,16H2,1H3. The number of hydrogen-bond donors (Lipinski definition) is 1. The summed E-state index contributed by atoms with van der Waals surface area (Å²) < 4.78 is 29.1. The zero-order valence-corrected chi connectivity index (χ0v) is 11.4. The molecule has 0 aromatic heterocycles. The fraction of sp³-hybridized carbons (Fsp3) is 0.571. The molecule has 0 saturated heterocycles. The molecule has 0 bridgehead atoms. The Bertz CT molecular complexity index is 361. The van der Waals surface area contributed by atoms with E-state index in [2.05, 4.69) is 0 Å². The molecule has 0 spiro atoms. The first-order valence-electron chi connectivity index (χ1n) is 6.39. The van der Waals surface area contributed by atoms with E-state index in [4.69, 9.17) is 19.9 Å². The molecule has 0 aliphatic rings. The van der Waals surface area contributed by atoms with E-state index in [9.17, 15) is 4.39 Å². The number of methoxy groups -OCH3 is 1. The van der Waals surface area contributed by atoms with Crippen LogP contribution in [0.2, 0.25) is 0 Å². The lowest BCUT2D eigenvalue weighted by Crippen LogP contribution is -2.07. The van der Waals surface area contributed by atoms with Crippen LogP contribution in [-0.2, 0) is 27.4 Å². The molecule has 2 N–H and O–H groups in total. The fourth-order valence-electron chi connectivity index (χ4n) is 1.57. The molecule has 108 valence electrons. The topological polar surface area (TPSA) is 53.7 Å². The molecule has 0 heterocycles. The zero-order chi connectivity index (χ0) is 13.9. The number of rotatable bonds is 10. The Morgan fingerprint density at radius 1 is 1.11 bits per heavy atom. The molecule has 0 aliphatic heterocycles. The smallest absolute Gasteiger partial charge is 0.128 e. The van der Waals surface area contributed by atoms with E-state index in [-0.39, 0.29) is 12.4 Å². The molecule has 19 heavy (non-hydrogen) atoms. The minimum absolute atomic E-state index is 0.237. The van der Waals surface area contributed by atoms with Gasteiger partial charge in [0.25, 0.3) is 0 Å². The van der Waals surface area contributed by atoms with Crippen molar-refractivity contribution in [2.45, 2.75) is 19.6 Å². The summed E-state index contributed by atoms with van der Waals surface area (Å²) in [5, 5.41) is 0. The molecule has 1 rings (SSSR count). The van der Waals surface area contributed by atoms with Gasteiger partial charge in [-0.3, -0.25) is 0 Å². The highest BCUT2D eigenvalue weighted by molar-refractivity contribution is 5.24. The predicted molar refractivity (Wildman–Crippen MR) is 71.3 cm³/mol. The van der Waals surface area contributed by atoms with Crippen LogP contribution in [0.4, 0.5) is 4.39 Å². The van der Waals surface area contributed by atoms with Crippen LogP contribution in [0.3, 0.4) is 0 Å². The molecular weight excluding hydrogens is 249 g/mol. The van der Waals surface area contributed by atoms with Gasteiger partial charge in [-0.25, -0.2) is 4.39 Å². The Morgan fingerprint density at radius 2 is 1.89 bits per heavy atom. The predicted octanol–water partition coefficient (Wildman–Crippen LogP) is 1.85. The summed E-state index contributed by atoms with van der Waals surface area (Å²) >= 11 is 0. The van der Waals surface area contributed by atoms with Crippen LogP contribution in [0.25, 0.3) is 0 Å². The molecule has 0 atom stereocenters. The second-order valence-electron chi connectivity index (χ2n) is 4.14. The summed E-state index contributed by atoms with van der Waals surface area (Å²) in [4.78, 5) is 0. The molecular formula is C14H22FNO3. The first-order chi connectivity index (χ1) is 9.27. The van der Waals surface area contributed by atoms with E-state index >= 15 is 0 Å². The molecule has 1 aromatic rings. The molecule has 0 saturated carbocycles. The molecule has 0 amide bonds. The van der Waals surface area contributed by atoms with Crippen LogP contribution in [-0.4, -0.2) is 33.5 Å². The van der Waals surface area contributed by atoms with Gasteiger partial charge in [0.05, 0.1) is 19.8 Å². The molecule has 5 heteroatoms. The second kappa shape index (κ2) is 9.86. The van der Waals surface area contributed by atoms with Gasteiger partial charge in [0, 0.05) is 32.4 Å². The van der Waals surface area contributed by atoms with Crippen molar-refractivity contribution in [1.29, 1.82) is 0 Å². The van der Waals surface area contributed by atoms with Crippen LogP contribution in [0.5, 0.6) is 0 Å². The van der Waals surface area contributed by atoms with Crippen molar-refractivity contribution in [2.24, 2.45) is 5.73 Å². The van der Waals surface area contributed by atoms with E-state index in [1.165, 1.54) is 6.07 Å². The van der Waals surface area contributed by atoms with Crippen molar-refractivity contribution < 1.29 is 18.6 Å². The Morgan fingerprint density at radius 3 is 2.63 bits per heavy atom. The van der Waals surface area contributed by atoms with E-state index in [0.29, 0.717) is 38.5 Å². The lowest BCUT2D eigenvalue weighted by molar-refractivity contribution is 0.0329. The summed E-state index contributed by atoms with van der Waals surface area (Å²) in [5.74, 6) is -0.266. The number of hydrogen-bond acceptors (Lipinski definition) is 4. The van der Waals surface area contributed by atoms with Crippen molar-refractivity contribution in [3.63, 3.8) is 0 Å². The Balaban J connectivity index is 2.15. The third-order valence-electron chi connectivity index (χ3n) is 2.61. The van der Waals surface area contributed by atoms with Crippen molar-refractivity contribution >= 4 is 0 Å². The lowest BCUT2D eigenvalue weighted by Gasteiger charge is -2.08. The summed E-state index contributed by atoms with van der Waals surface area (Å²) in [6.45, 7) is 2.92. The maximum absolute atomic E-state index is 13.5. The van der Waals surface area contributed by atoms with Crippen molar-refractivity contribution in [2.75, 3.05) is 33.5 Å². The van der Waals surface area contributed by atoms with Crippen LogP contribution < -0.4 is 5.73 Å². The van der Waals surface area contributed by atoms with Gasteiger partial charge in [-0.05, 0) is 24.1 Å². The molecule has 0 radical (unpaired) electrons. The third kappa shape index (κ3) is 6.63. The van der Waals surface area contributed by atoms with Crippen molar-refractivity contribution in [1.82, 2.24) is 0 Å². The number of halogens is 1. The SMILES string of the molecule is COCCCOCCOCc1cc(CN)ccc1F. The fourth-order valence-corrected chi connectivity index (χ4v) is 1.57. The summed E-state index contributed by atoms with van der Waals surface area (Å²) in [6.07, 6.45) is 0.865. The van der Waals surface area contributed by atoms with Crippen LogP contribution in [0, 0.1) is 5.82 Å². The first-order valence-corrected chi connectivity index (χ1v) is 6.39. The van der Waals surface area contributed by atoms with Gasteiger partial charge in [0.15, 0.2) is 0 Å². The first kappa shape index (κ1) is 16.0. The molecule has 0 fully saturated rings. The van der Waals surface area contributed by atoms with Crippen LogP contribution in [0.15, 0.2) is 18.2 Å². The van der Waals surface area contributed by atoms with E-state index < -0.39 is 0 Å². The van der Waals surface area contributed by atoms with Gasteiger partial charge in [0.2, 0.25) is 0 Å². The highest BCUT2D eigenvalue weighted by Crippen LogP contribution is 2.11. The van der Waals surface area contributed by atoms with Gasteiger partial charge in [-0.1, -0.05) is 6.07 Å². The van der Waals surface area contributed by atoms with Crippen LogP contribution in [0.1, 0.15) is 17.5 Å². The third-order valence-corrected chi connectivity index (χ3v) is 2.61. The maximum atomic E-state index is 13.5. The number of nitrogens with two attached hydrogens (primary N) is 1. The Labute approximate surface area is 113 Å². The normalized spacial score (nSPS) is 10.9. The monoisotopic (exact) mass is 271 g/mol. The zero-order valence-electron chi connectivity index (χ0n) is 11.4. The highest BCUT2D eigenvalue weighted by Gasteiger charge is 2.03. The molecule has 1 aromatic carbocycles. The van der Waals surface area contributed by atoms with Crippen LogP contribution >= 0.6 is 0 Å². The average molecular weight is 271 g/mol. The van der Waals surface area contributed by atoms with Crippen molar-refractivity contribution in [3.8, 4) is 0 Å². The largest absolute Gasteiger partial charge is 0.385 e. The highest BCUT2D eigenvalue weighted by atomic mass is 19.1. The van der Waals surface area contributed by atoms with Gasteiger partial charge < -0.3 is 19.9 Å². The van der Waals surface area contributed by atoms with E-state index in [1.54, 1.807) is 19.2 Å². The minimum atomic E-state index is -0.266. The molecule has 0 aliphatic carbocycles. The summed E-state index contributed by atoms with van der Waals surface area (Å²) in [5.41, 5.74) is 6.94. The number of ether oxygens (including phenoxy) is 3. The van der Waals surface area contributed by atoms with E-state index in [1.807, 2.05) is 0 Å². The van der Waals surface area contributed by atoms with E-state index in [0.717, 1.165) is 12.0 Å². The van der Waals surface area contributed by atoms with Gasteiger partial charge in [-0.15, -0.1) is 0 Å². The lowest BCUT2D eigenvalue weighted by atomic mass is 10.1. The van der Waals surface area contributed by atoms with Gasteiger partial charge in [0.1, 0.15) is 5.82 Å². The second-order valence-corrected chi connectivity index (χ2v) is 4.14. The van der Waals surface area contributed by atoms with Gasteiger partial charge in [-0.2, -0.15) is 0 Å². The maximum Gasteiger partial charge on any atom is 0.128 e. The molecule has 4 nitrogen and oxygen atoms in total. The Hall–Kier alpha value is -1.01. The Kier molecular flexibility index (Phi) is 8.33. The quantitative estimate of drug-likeness (QED) is 0.660.